The molecule has 0 saturated carbocycles. The van der Waals surface area contributed by atoms with Crippen molar-refractivity contribution >= 4 is 12.1 Å². The first-order valence-corrected chi connectivity index (χ1v) is 6.05. The molecule has 0 aromatic carbocycles. The van der Waals surface area contributed by atoms with Crippen LogP contribution in [-0.4, -0.2) is 53.0 Å². The molecule has 1 fully saturated rings. The van der Waals surface area contributed by atoms with Crippen LogP contribution in [0.2, 0.25) is 0 Å². The number of carboxylic acids is 1. The molecule has 18 heavy (non-hydrogen) atoms. The van der Waals surface area contributed by atoms with Gasteiger partial charge >= 0.3 is 12.1 Å². The van der Waals surface area contributed by atoms with E-state index in [2.05, 4.69) is 0 Å². The second-order valence-corrected chi connectivity index (χ2v) is 5.45. The molecule has 0 aromatic rings. The standard InChI is InChI=1S/C12H21NO5/c1-8(10(14)15)17-9-5-6-13(7-9)11(16)18-12(2,3)4/h8-9H,5-7H2,1-4H3,(H,14,15). The lowest BCUT2D eigenvalue weighted by Crippen LogP contribution is -2.36. The van der Waals surface area contributed by atoms with E-state index in [-0.39, 0.29) is 12.2 Å². The van der Waals surface area contributed by atoms with Crippen molar-refractivity contribution in [3.8, 4) is 0 Å². The molecule has 1 rings (SSSR count). The van der Waals surface area contributed by atoms with Gasteiger partial charge in [0.2, 0.25) is 0 Å². The lowest BCUT2D eigenvalue weighted by molar-refractivity contribution is -0.152. The van der Waals surface area contributed by atoms with E-state index < -0.39 is 17.7 Å². The predicted molar refractivity (Wildman–Crippen MR) is 64.4 cm³/mol. The van der Waals surface area contributed by atoms with Crippen LogP contribution in [0.5, 0.6) is 0 Å². The lowest BCUT2D eigenvalue weighted by atomic mass is 10.2. The second kappa shape index (κ2) is 5.56. The van der Waals surface area contributed by atoms with Crippen LogP contribution in [-0.2, 0) is 14.3 Å². The topological polar surface area (TPSA) is 76.1 Å². The Balaban J connectivity index is 2.41. The number of carboxylic acid groups (broad SMARTS) is 1. The van der Waals surface area contributed by atoms with Crippen LogP contribution < -0.4 is 0 Å². The summed E-state index contributed by atoms with van der Waals surface area (Å²) >= 11 is 0. The Morgan fingerprint density at radius 1 is 1.39 bits per heavy atom. The number of amides is 1. The first-order valence-electron chi connectivity index (χ1n) is 6.05. The van der Waals surface area contributed by atoms with Gasteiger partial charge in [-0.25, -0.2) is 9.59 Å². The SMILES string of the molecule is CC(OC1CCN(C(=O)OC(C)(C)C)C1)C(=O)O. The maximum atomic E-state index is 11.8. The number of likely N-dealkylation sites (tertiary alicyclic amines) is 1. The summed E-state index contributed by atoms with van der Waals surface area (Å²) in [5.74, 6) is -0.995. The highest BCUT2D eigenvalue weighted by atomic mass is 16.6. The van der Waals surface area contributed by atoms with E-state index in [9.17, 15) is 9.59 Å². The summed E-state index contributed by atoms with van der Waals surface area (Å²) < 4.78 is 10.6. The van der Waals surface area contributed by atoms with Crippen molar-refractivity contribution in [2.45, 2.75) is 51.9 Å². The van der Waals surface area contributed by atoms with Crippen LogP contribution in [0.25, 0.3) is 0 Å². The molecule has 1 N–H and O–H groups in total. The summed E-state index contributed by atoms with van der Waals surface area (Å²) in [6.07, 6.45) is -0.828. The van der Waals surface area contributed by atoms with Gasteiger partial charge in [-0.2, -0.15) is 0 Å². The predicted octanol–water partition coefficient (Wildman–Crippen LogP) is 1.49. The maximum absolute atomic E-state index is 11.8. The third-order valence-corrected chi connectivity index (χ3v) is 2.54. The van der Waals surface area contributed by atoms with Crippen LogP contribution in [0.3, 0.4) is 0 Å². The molecule has 104 valence electrons. The van der Waals surface area contributed by atoms with E-state index in [1.54, 1.807) is 4.90 Å². The minimum atomic E-state index is -0.995. The third-order valence-electron chi connectivity index (χ3n) is 2.54. The zero-order valence-electron chi connectivity index (χ0n) is 11.3. The van der Waals surface area contributed by atoms with E-state index in [1.807, 2.05) is 20.8 Å². The van der Waals surface area contributed by atoms with Gasteiger partial charge in [-0.1, -0.05) is 0 Å². The van der Waals surface area contributed by atoms with E-state index in [0.29, 0.717) is 19.5 Å². The minimum absolute atomic E-state index is 0.233. The normalized spacial score (nSPS) is 21.8. The summed E-state index contributed by atoms with van der Waals surface area (Å²) in [5.41, 5.74) is -0.523. The fourth-order valence-corrected chi connectivity index (χ4v) is 1.68. The highest BCUT2D eigenvalue weighted by Gasteiger charge is 2.31. The van der Waals surface area contributed by atoms with Gasteiger partial charge in [0, 0.05) is 6.54 Å². The Hall–Kier alpha value is -1.30. The van der Waals surface area contributed by atoms with E-state index in [1.165, 1.54) is 6.92 Å². The average molecular weight is 259 g/mol. The van der Waals surface area contributed by atoms with Crippen molar-refractivity contribution in [1.29, 1.82) is 0 Å². The molecule has 0 spiro atoms. The molecule has 0 bridgehead atoms. The highest BCUT2D eigenvalue weighted by molar-refractivity contribution is 5.71. The molecular weight excluding hydrogens is 238 g/mol. The molecule has 1 amide bonds. The van der Waals surface area contributed by atoms with Crippen molar-refractivity contribution in [3.63, 3.8) is 0 Å². The van der Waals surface area contributed by atoms with Crippen LogP contribution in [0.1, 0.15) is 34.1 Å². The summed E-state index contributed by atoms with van der Waals surface area (Å²) in [6.45, 7) is 7.82. The Bertz CT molecular complexity index is 323. The molecule has 0 aliphatic carbocycles. The Morgan fingerprint density at radius 2 is 2.00 bits per heavy atom. The number of rotatable bonds is 3. The van der Waals surface area contributed by atoms with Crippen LogP contribution in [0, 0.1) is 0 Å². The van der Waals surface area contributed by atoms with Gasteiger partial charge in [0.05, 0.1) is 12.6 Å². The fraction of sp³-hybridized carbons (Fsp3) is 0.833. The summed E-state index contributed by atoms with van der Waals surface area (Å²) in [6, 6.07) is 0. The van der Waals surface area contributed by atoms with Crippen molar-refractivity contribution in [2.24, 2.45) is 0 Å². The summed E-state index contributed by atoms with van der Waals surface area (Å²) in [4.78, 5) is 24.0. The molecule has 0 aromatic heterocycles. The second-order valence-electron chi connectivity index (χ2n) is 5.45. The molecule has 2 atom stereocenters. The molecule has 6 nitrogen and oxygen atoms in total. The van der Waals surface area contributed by atoms with Crippen molar-refractivity contribution in [3.05, 3.63) is 0 Å². The number of nitrogens with zero attached hydrogens (tertiary/aromatic N) is 1. The first-order chi connectivity index (χ1) is 8.19. The van der Waals surface area contributed by atoms with Crippen molar-refractivity contribution < 1.29 is 24.2 Å². The Morgan fingerprint density at radius 3 is 2.50 bits per heavy atom. The quantitative estimate of drug-likeness (QED) is 0.831. The van der Waals surface area contributed by atoms with Crippen molar-refractivity contribution in [1.82, 2.24) is 4.90 Å². The number of hydrogen-bond acceptors (Lipinski definition) is 4. The summed E-state index contributed by atoms with van der Waals surface area (Å²) in [7, 11) is 0. The smallest absolute Gasteiger partial charge is 0.410 e. The molecule has 1 saturated heterocycles. The zero-order chi connectivity index (χ0) is 13.9. The van der Waals surface area contributed by atoms with Gasteiger partial charge in [-0.15, -0.1) is 0 Å². The molecule has 1 aliphatic rings. The molecule has 0 radical (unpaired) electrons. The molecule has 1 aliphatic heterocycles. The van der Waals surface area contributed by atoms with Gasteiger partial charge in [0.25, 0.3) is 0 Å². The zero-order valence-corrected chi connectivity index (χ0v) is 11.3. The molecular formula is C12H21NO5. The Labute approximate surface area is 107 Å². The molecule has 6 heteroatoms. The largest absolute Gasteiger partial charge is 0.479 e. The van der Waals surface area contributed by atoms with Gasteiger partial charge in [-0.05, 0) is 34.1 Å². The lowest BCUT2D eigenvalue weighted by Gasteiger charge is -2.24. The number of carbonyl (C=O) groups is 2. The average Bonchev–Trinajstić information content (AvgIpc) is 2.63. The van der Waals surface area contributed by atoms with E-state index >= 15 is 0 Å². The van der Waals surface area contributed by atoms with Crippen molar-refractivity contribution in [2.75, 3.05) is 13.1 Å². The van der Waals surface area contributed by atoms with Crippen LogP contribution in [0.15, 0.2) is 0 Å². The minimum Gasteiger partial charge on any atom is -0.479 e. The number of ether oxygens (including phenoxy) is 2. The first kappa shape index (κ1) is 14.8. The monoisotopic (exact) mass is 259 g/mol. The number of hydrogen-bond donors (Lipinski definition) is 1. The summed E-state index contributed by atoms with van der Waals surface area (Å²) in [5, 5.41) is 8.74. The van der Waals surface area contributed by atoms with Gasteiger partial charge < -0.3 is 19.5 Å². The molecule has 2 unspecified atom stereocenters. The molecule has 1 heterocycles. The van der Waals surface area contributed by atoms with Crippen LogP contribution in [0.4, 0.5) is 4.79 Å². The van der Waals surface area contributed by atoms with E-state index in [0.717, 1.165) is 0 Å². The van der Waals surface area contributed by atoms with Crippen LogP contribution >= 0.6 is 0 Å². The van der Waals surface area contributed by atoms with E-state index in [4.69, 9.17) is 14.6 Å². The Kier molecular flexibility index (Phi) is 4.56. The number of aliphatic carboxylic acids is 1. The van der Waals surface area contributed by atoms with Gasteiger partial charge in [-0.3, -0.25) is 0 Å². The fourth-order valence-electron chi connectivity index (χ4n) is 1.68. The van der Waals surface area contributed by atoms with Gasteiger partial charge in [0.1, 0.15) is 5.60 Å². The highest BCUT2D eigenvalue weighted by Crippen LogP contribution is 2.18. The van der Waals surface area contributed by atoms with Gasteiger partial charge in [0.15, 0.2) is 6.10 Å². The third kappa shape index (κ3) is 4.52. The maximum Gasteiger partial charge on any atom is 0.410 e. The number of carbonyl (C=O) groups excluding carboxylic acids is 1.